The van der Waals surface area contributed by atoms with Crippen molar-refractivity contribution < 1.29 is 4.42 Å². The van der Waals surface area contributed by atoms with Gasteiger partial charge in [-0.05, 0) is 12.1 Å². The number of furan rings is 1. The molecule has 0 saturated carbocycles. The second kappa shape index (κ2) is 3.24. The van der Waals surface area contributed by atoms with Gasteiger partial charge in [-0.1, -0.05) is 0 Å². The van der Waals surface area contributed by atoms with Crippen LogP contribution in [0, 0.1) is 6.26 Å². The fraction of sp³-hybridized carbons (Fsp3) is 0. The highest BCUT2D eigenvalue weighted by Gasteiger charge is 1.61. The molecule has 0 N–H and O–H groups in total. The third-order valence-electron chi connectivity index (χ3n) is 0.379. The Morgan fingerprint density at radius 1 is 1.50 bits per heavy atom. The quantitative estimate of drug-likeness (QED) is 0.417. The highest BCUT2D eigenvalue weighted by Crippen LogP contribution is 1.78. The Morgan fingerprint density at radius 2 is 2.33 bits per heavy atom. The van der Waals surface area contributed by atoms with Crippen molar-refractivity contribution in [2.75, 3.05) is 0 Å². The monoisotopic (exact) mass is 93.0 g/mol. The summed E-state index contributed by atoms with van der Waals surface area (Å²) in [5.41, 5.74) is 0. The van der Waals surface area contributed by atoms with Gasteiger partial charge < -0.3 is 4.42 Å². The summed E-state index contributed by atoms with van der Waals surface area (Å²) in [4.78, 5) is 0. The minimum Gasteiger partial charge on any atom is -0.461 e. The fourth-order valence-electron chi connectivity index (χ4n) is 0.196. The van der Waals surface area contributed by atoms with Gasteiger partial charge in [0.25, 0.3) is 0 Å². The van der Waals surface area contributed by atoms with Crippen LogP contribution in [0.25, 0.3) is 0 Å². The van der Waals surface area contributed by atoms with Gasteiger partial charge in [-0.15, -0.1) is 0 Å². The summed E-state index contributed by atoms with van der Waals surface area (Å²) in [6, 6.07) is 3.49. The molecule has 0 atom stereocenters. The largest absolute Gasteiger partial charge is 0.461 e. The fourth-order valence-corrected chi connectivity index (χ4v) is 0.196. The Morgan fingerprint density at radius 3 is 2.50 bits per heavy atom. The van der Waals surface area contributed by atoms with Crippen LogP contribution in [0.2, 0.25) is 0 Å². The minimum absolute atomic E-state index is 0. The molecule has 6 heavy (non-hydrogen) atoms. The molecule has 0 saturated heterocycles. The zero-order valence-corrected chi connectivity index (χ0v) is 2.64. The summed E-state index contributed by atoms with van der Waals surface area (Å²) in [6.45, 7) is 0. The van der Waals surface area contributed by atoms with Gasteiger partial charge in [0.15, 0.2) is 6.26 Å². The van der Waals surface area contributed by atoms with E-state index in [2.05, 4.69) is 10.7 Å². The van der Waals surface area contributed by atoms with Crippen LogP contribution in [-0.2, 0) is 0 Å². The van der Waals surface area contributed by atoms with Crippen molar-refractivity contribution in [1.82, 2.24) is 0 Å². The lowest BCUT2D eigenvalue weighted by atomic mass is 10.7. The summed E-state index contributed by atoms with van der Waals surface area (Å²) in [7, 11) is 0. The molecule has 1 radical (unpaired) electrons. The SMILES string of the molecule is [MgH2].[c]1ccco1. The van der Waals surface area contributed by atoms with E-state index in [1.807, 2.05) is 0 Å². The summed E-state index contributed by atoms with van der Waals surface area (Å²) >= 11 is 0. The van der Waals surface area contributed by atoms with E-state index in [0.29, 0.717) is 0 Å². The van der Waals surface area contributed by atoms with E-state index in [9.17, 15) is 0 Å². The van der Waals surface area contributed by atoms with Crippen LogP contribution in [0.3, 0.4) is 0 Å². The van der Waals surface area contributed by atoms with Gasteiger partial charge in [-0.3, -0.25) is 0 Å². The van der Waals surface area contributed by atoms with E-state index in [-0.39, 0.29) is 23.1 Å². The van der Waals surface area contributed by atoms with Crippen molar-refractivity contribution >= 4 is 23.1 Å². The summed E-state index contributed by atoms with van der Waals surface area (Å²) in [6.07, 6.45) is 4.06. The topological polar surface area (TPSA) is 13.1 Å². The molecule has 0 aliphatic carbocycles. The zero-order chi connectivity index (χ0) is 3.54. The lowest BCUT2D eigenvalue weighted by molar-refractivity contribution is 0.558. The average Bonchev–Trinajstić information content (AvgIpc) is 1.76. The van der Waals surface area contributed by atoms with Gasteiger partial charge in [0.1, 0.15) is 0 Å². The maximum absolute atomic E-state index is 4.46. The Balaban J connectivity index is 0.000000250. The molecular weight excluding hydrogens is 88.3 g/mol. The first-order chi connectivity index (χ1) is 2.50. The first kappa shape index (κ1) is 6.05. The van der Waals surface area contributed by atoms with Gasteiger partial charge in [0.05, 0.1) is 6.26 Å². The predicted octanol–water partition coefficient (Wildman–Crippen LogP) is 0.164. The van der Waals surface area contributed by atoms with E-state index in [1.165, 1.54) is 0 Å². The van der Waals surface area contributed by atoms with Crippen LogP contribution in [-0.4, -0.2) is 23.1 Å². The Bertz CT molecular complexity index is 64.0. The van der Waals surface area contributed by atoms with E-state index in [0.717, 1.165) is 0 Å². The molecule has 0 aliphatic heterocycles. The molecule has 1 rings (SSSR count). The number of hydrogen-bond acceptors (Lipinski definition) is 1. The Hall–Kier alpha value is 0.0462. The van der Waals surface area contributed by atoms with Crippen LogP contribution < -0.4 is 0 Å². The molecule has 2 heteroatoms. The van der Waals surface area contributed by atoms with Crippen molar-refractivity contribution in [3.8, 4) is 0 Å². The van der Waals surface area contributed by atoms with Crippen molar-refractivity contribution in [2.24, 2.45) is 0 Å². The maximum Gasteiger partial charge on any atom is 0.316 e. The molecule has 0 spiro atoms. The molecule has 1 aromatic rings. The van der Waals surface area contributed by atoms with E-state index < -0.39 is 0 Å². The molecule has 0 unspecified atom stereocenters. The van der Waals surface area contributed by atoms with Gasteiger partial charge in [0, 0.05) is 0 Å². The molecule has 1 nitrogen and oxygen atoms in total. The predicted molar refractivity (Wildman–Crippen MR) is 26.1 cm³/mol. The third kappa shape index (κ3) is 1.47. The lowest BCUT2D eigenvalue weighted by Crippen LogP contribution is -1.19. The minimum atomic E-state index is 0. The van der Waals surface area contributed by atoms with Gasteiger partial charge in [-0.2, -0.15) is 0 Å². The summed E-state index contributed by atoms with van der Waals surface area (Å²) in [5.74, 6) is 0. The van der Waals surface area contributed by atoms with Crippen LogP contribution >= 0.6 is 0 Å². The van der Waals surface area contributed by atoms with E-state index in [1.54, 1.807) is 18.4 Å². The summed E-state index contributed by atoms with van der Waals surface area (Å²) in [5, 5.41) is 0. The van der Waals surface area contributed by atoms with Crippen LogP contribution in [0.1, 0.15) is 0 Å². The molecule has 0 aromatic carbocycles. The molecule has 1 aromatic heterocycles. The molecule has 29 valence electrons. The van der Waals surface area contributed by atoms with Gasteiger partial charge in [-0.25, -0.2) is 0 Å². The van der Waals surface area contributed by atoms with Crippen molar-refractivity contribution in [2.45, 2.75) is 0 Å². The zero-order valence-electron chi connectivity index (χ0n) is 2.64. The molecule has 0 bridgehead atoms. The van der Waals surface area contributed by atoms with Crippen LogP contribution in [0.15, 0.2) is 22.8 Å². The van der Waals surface area contributed by atoms with Crippen molar-refractivity contribution in [3.63, 3.8) is 0 Å². The molecular formula is C4H5MgO. The van der Waals surface area contributed by atoms with Gasteiger partial charge in [0.2, 0.25) is 0 Å². The Kier molecular flexibility index (Phi) is 3.27. The second-order valence-corrected chi connectivity index (χ2v) is 0.731. The number of hydrogen-bond donors (Lipinski definition) is 0. The van der Waals surface area contributed by atoms with Crippen molar-refractivity contribution in [3.05, 3.63) is 24.7 Å². The third-order valence-corrected chi connectivity index (χ3v) is 0.379. The Labute approximate surface area is 52.5 Å². The van der Waals surface area contributed by atoms with Crippen molar-refractivity contribution in [1.29, 1.82) is 0 Å². The van der Waals surface area contributed by atoms with Gasteiger partial charge >= 0.3 is 23.1 Å². The molecule has 0 fully saturated rings. The first-order valence-electron chi connectivity index (χ1n) is 1.40. The highest BCUT2D eigenvalue weighted by atomic mass is 24.3. The van der Waals surface area contributed by atoms with E-state index >= 15 is 0 Å². The molecule has 0 aliphatic rings. The normalized spacial score (nSPS) is 6.67. The first-order valence-corrected chi connectivity index (χ1v) is 1.40. The molecule has 1 heterocycles. The van der Waals surface area contributed by atoms with Crippen LogP contribution in [0.4, 0.5) is 0 Å². The highest BCUT2D eigenvalue weighted by molar-refractivity contribution is 5.75. The van der Waals surface area contributed by atoms with E-state index in [4.69, 9.17) is 0 Å². The summed E-state index contributed by atoms with van der Waals surface area (Å²) < 4.78 is 4.46. The lowest BCUT2D eigenvalue weighted by Gasteiger charge is -1.48. The number of rotatable bonds is 0. The van der Waals surface area contributed by atoms with Crippen LogP contribution in [0.5, 0.6) is 0 Å². The maximum atomic E-state index is 4.46. The molecule has 0 amide bonds. The smallest absolute Gasteiger partial charge is 0.316 e. The second-order valence-electron chi connectivity index (χ2n) is 0.731. The average molecular weight is 93.4 g/mol. The standard InChI is InChI=1S/C4H3O.Mg.2H/c1-2-4-5-3-1;;;/h1-3H;;;.